The van der Waals surface area contributed by atoms with Gasteiger partial charge < -0.3 is 0 Å². The van der Waals surface area contributed by atoms with Gasteiger partial charge in [-0.3, -0.25) is 0 Å². The molecule has 0 saturated heterocycles. The van der Waals surface area contributed by atoms with Gasteiger partial charge in [0.05, 0.1) is 0 Å². The zero-order valence-electron chi connectivity index (χ0n) is 14.2. The minimum Gasteiger partial charge on any atom is -0.0878 e. The summed E-state index contributed by atoms with van der Waals surface area (Å²) in [5.74, 6) is 0. The highest BCUT2D eigenvalue weighted by atomic mass is 31.1. The van der Waals surface area contributed by atoms with E-state index in [-0.39, 0.29) is 0 Å². The standard InChI is InChI=1S/C22H27P/c1-3-5-9-15-20(14-6-4-2)23(21-16-10-7-11-17-21)22-18-12-8-13-19-22/h6-20H,3-5H2,1-2H3/b14-6-,15-9-/t20-/m1/s1. The predicted octanol–water partition coefficient (Wildman–Crippen LogP) is 5.81. The van der Waals surface area contributed by atoms with Gasteiger partial charge in [0.1, 0.15) is 0 Å². The van der Waals surface area contributed by atoms with Crippen molar-refractivity contribution >= 4 is 18.5 Å². The molecule has 0 heterocycles. The molecule has 0 aliphatic rings. The van der Waals surface area contributed by atoms with Crippen LogP contribution in [0.2, 0.25) is 0 Å². The molecule has 120 valence electrons. The first-order chi connectivity index (χ1) is 11.4. The molecule has 0 unspecified atom stereocenters. The van der Waals surface area contributed by atoms with Crippen molar-refractivity contribution in [1.29, 1.82) is 0 Å². The maximum Gasteiger partial charge on any atom is 0.0231 e. The lowest BCUT2D eigenvalue weighted by Gasteiger charge is -2.24. The van der Waals surface area contributed by atoms with Gasteiger partial charge in [0.2, 0.25) is 0 Å². The van der Waals surface area contributed by atoms with Gasteiger partial charge in [0.25, 0.3) is 0 Å². The second-order valence-electron chi connectivity index (χ2n) is 5.58. The fraction of sp³-hybridized carbons (Fsp3) is 0.273. The first-order valence-corrected chi connectivity index (χ1v) is 10.0. The molecule has 1 atom stereocenters. The Bertz CT molecular complexity index is 559. The maximum absolute atomic E-state index is 2.42. The molecular formula is C22H27P. The Morgan fingerprint density at radius 2 is 1.30 bits per heavy atom. The van der Waals surface area contributed by atoms with Crippen LogP contribution in [0.1, 0.15) is 33.1 Å². The molecule has 0 nitrogen and oxygen atoms in total. The highest BCUT2D eigenvalue weighted by Gasteiger charge is 2.20. The zero-order chi connectivity index (χ0) is 16.3. The normalized spacial score (nSPS) is 13.2. The van der Waals surface area contributed by atoms with Gasteiger partial charge in [0, 0.05) is 5.66 Å². The van der Waals surface area contributed by atoms with E-state index in [4.69, 9.17) is 0 Å². The summed E-state index contributed by atoms with van der Waals surface area (Å²) in [6.07, 6.45) is 12.9. The molecule has 23 heavy (non-hydrogen) atoms. The average molecular weight is 322 g/mol. The lowest BCUT2D eigenvalue weighted by molar-refractivity contribution is 0.955. The van der Waals surface area contributed by atoms with Crippen LogP contribution in [0.3, 0.4) is 0 Å². The summed E-state index contributed by atoms with van der Waals surface area (Å²) in [4.78, 5) is 0. The number of unbranched alkanes of at least 4 members (excludes halogenated alkanes) is 1. The molecular weight excluding hydrogens is 295 g/mol. The summed E-state index contributed by atoms with van der Waals surface area (Å²) in [6.45, 7) is 4.44. The minimum atomic E-state index is -0.416. The molecule has 2 rings (SSSR count). The summed E-state index contributed by atoms with van der Waals surface area (Å²) in [7, 11) is -0.416. The number of hydrogen-bond acceptors (Lipinski definition) is 0. The Labute approximate surface area is 142 Å². The SMILES string of the molecule is CC/C=C\[C@H](/C=C\CCC)P(c1ccccc1)c1ccccc1. The van der Waals surface area contributed by atoms with Crippen LogP contribution in [0.25, 0.3) is 0 Å². The highest BCUT2D eigenvalue weighted by molar-refractivity contribution is 7.74. The minimum absolute atomic E-state index is 0.416. The average Bonchev–Trinajstić information content (AvgIpc) is 2.61. The number of benzene rings is 2. The van der Waals surface area contributed by atoms with Crippen molar-refractivity contribution in [3.05, 3.63) is 85.0 Å². The van der Waals surface area contributed by atoms with Crippen molar-refractivity contribution in [3.8, 4) is 0 Å². The number of allylic oxidation sites excluding steroid dienone is 4. The van der Waals surface area contributed by atoms with Crippen LogP contribution < -0.4 is 10.6 Å². The van der Waals surface area contributed by atoms with Crippen LogP contribution in [-0.4, -0.2) is 5.66 Å². The maximum atomic E-state index is 2.42. The molecule has 1 heteroatoms. The van der Waals surface area contributed by atoms with Gasteiger partial charge in [-0.25, -0.2) is 0 Å². The second-order valence-corrected chi connectivity index (χ2v) is 7.95. The van der Waals surface area contributed by atoms with E-state index in [2.05, 4.69) is 98.8 Å². The Morgan fingerprint density at radius 3 is 1.78 bits per heavy atom. The van der Waals surface area contributed by atoms with E-state index < -0.39 is 7.92 Å². The van der Waals surface area contributed by atoms with Crippen LogP contribution in [0.15, 0.2) is 85.0 Å². The Morgan fingerprint density at radius 1 is 0.783 bits per heavy atom. The first kappa shape index (κ1) is 17.7. The molecule has 0 bridgehead atoms. The fourth-order valence-corrected chi connectivity index (χ4v) is 5.15. The second kappa shape index (κ2) is 10.2. The lowest BCUT2D eigenvalue weighted by Crippen LogP contribution is -2.19. The van der Waals surface area contributed by atoms with Gasteiger partial charge >= 0.3 is 0 Å². The smallest absolute Gasteiger partial charge is 0.0231 e. The van der Waals surface area contributed by atoms with Crippen LogP contribution in [0.4, 0.5) is 0 Å². The van der Waals surface area contributed by atoms with Crippen LogP contribution >= 0.6 is 7.92 Å². The Balaban J connectivity index is 2.42. The Kier molecular flexibility index (Phi) is 7.84. The molecule has 0 amide bonds. The molecule has 0 N–H and O–H groups in total. The van der Waals surface area contributed by atoms with E-state index in [0.29, 0.717) is 5.66 Å². The quantitative estimate of drug-likeness (QED) is 0.425. The third-order valence-electron chi connectivity index (χ3n) is 3.72. The van der Waals surface area contributed by atoms with E-state index in [1.165, 1.54) is 17.0 Å². The van der Waals surface area contributed by atoms with Crippen LogP contribution in [0, 0.1) is 0 Å². The molecule has 0 saturated carbocycles. The lowest BCUT2D eigenvalue weighted by atomic mass is 10.2. The molecule has 0 fully saturated rings. The van der Waals surface area contributed by atoms with E-state index in [9.17, 15) is 0 Å². The van der Waals surface area contributed by atoms with Gasteiger partial charge in [-0.05, 0) is 31.4 Å². The van der Waals surface area contributed by atoms with E-state index in [1.807, 2.05) is 0 Å². The molecule has 0 radical (unpaired) electrons. The first-order valence-electron chi connectivity index (χ1n) is 8.59. The largest absolute Gasteiger partial charge is 0.0878 e. The zero-order valence-corrected chi connectivity index (χ0v) is 15.1. The number of rotatable bonds is 8. The van der Waals surface area contributed by atoms with Gasteiger partial charge in [-0.1, -0.05) is 105 Å². The summed E-state index contributed by atoms with van der Waals surface area (Å²) in [5, 5.41) is 2.89. The van der Waals surface area contributed by atoms with Crippen molar-refractivity contribution in [3.63, 3.8) is 0 Å². The summed E-state index contributed by atoms with van der Waals surface area (Å²) >= 11 is 0. The fourth-order valence-electron chi connectivity index (χ4n) is 2.58. The van der Waals surface area contributed by atoms with Crippen molar-refractivity contribution in [1.82, 2.24) is 0 Å². The Hall–Kier alpha value is -1.65. The summed E-state index contributed by atoms with van der Waals surface area (Å²) < 4.78 is 0. The summed E-state index contributed by atoms with van der Waals surface area (Å²) in [5.41, 5.74) is 0.460. The van der Waals surface area contributed by atoms with Crippen LogP contribution in [-0.2, 0) is 0 Å². The van der Waals surface area contributed by atoms with Crippen LogP contribution in [0.5, 0.6) is 0 Å². The molecule has 2 aromatic rings. The molecule has 0 aromatic heterocycles. The van der Waals surface area contributed by atoms with Crippen molar-refractivity contribution in [2.45, 2.75) is 38.8 Å². The topological polar surface area (TPSA) is 0 Å². The van der Waals surface area contributed by atoms with Gasteiger partial charge in [-0.15, -0.1) is 0 Å². The molecule has 0 aliphatic carbocycles. The third kappa shape index (κ3) is 5.48. The molecule has 0 aliphatic heterocycles. The highest BCUT2D eigenvalue weighted by Crippen LogP contribution is 2.41. The third-order valence-corrected chi connectivity index (χ3v) is 6.37. The van der Waals surface area contributed by atoms with Crippen molar-refractivity contribution in [2.75, 3.05) is 0 Å². The monoisotopic (exact) mass is 322 g/mol. The molecule has 0 spiro atoms. The van der Waals surface area contributed by atoms with Gasteiger partial charge in [-0.2, -0.15) is 0 Å². The van der Waals surface area contributed by atoms with Crippen molar-refractivity contribution < 1.29 is 0 Å². The van der Waals surface area contributed by atoms with E-state index in [1.54, 1.807) is 0 Å². The van der Waals surface area contributed by atoms with Gasteiger partial charge in [0.15, 0.2) is 0 Å². The molecule has 2 aromatic carbocycles. The number of hydrogen-bond donors (Lipinski definition) is 0. The summed E-state index contributed by atoms with van der Waals surface area (Å²) in [6, 6.07) is 21.9. The predicted molar refractivity (Wildman–Crippen MR) is 106 cm³/mol. The van der Waals surface area contributed by atoms with E-state index >= 15 is 0 Å². The van der Waals surface area contributed by atoms with Crippen molar-refractivity contribution in [2.24, 2.45) is 0 Å². The van der Waals surface area contributed by atoms with E-state index in [0.717, 1.165) is 12.8 Å².